The highest BCUT2D eigenvalue weighted by Crippen LogP contribution is 2.35. The summed E-state index contributed by atoms with van der Waals surface area (Å²) in [6.07, 6.45) is 8.39. The van der Waals surface area contributed by atoms with Gasteiger partial charge in [-0.2, -0.15) is 0 Å². The lowest BCUT2D eigenvalue weighted by Crippen LogP contribution is -2.39. The third-order valence-corrected chi connectivity index (χ3v) is 5.20. The van der Waals surface area contributed by atoms with Gasteiger partial charge in [0, 0.05) is 18.5 Å². The summed E-state index contributed by atoms with van der Waals surface area (Å²) < 4.78 is 0. The molecule has 0 heterocycles. The molecule has 0 saturated heterocycles. The molecule has 2 aliphatic carbocycles. The van der Waals surface area contributed by atoms with Crippen LogP contribution < -0.4 is 5.32 Å². The molecular weight excluding hydrogens is 242 g/mol. The maximum absolute atomic E-state index is 3.87. The normalized spacial score (nSPS) is 29.1. The number of nitrogens with one attached hydrogen (secondary N) is 1. The van der Waals surface area contributed by atoms with Crippen molar-refractivity contribution < 1.29 is 0 Å². The molecule has 110 valence electrons. The molecule has 0 aliphatic heterocycles. The summed E-state index contributed by atoms with van der Waals surface area (Å²) in [6, 6.07) is 9.73. The smallest absolute Gasteiger partial charge is 0.00699 e. The molecule has 3 atom stereocenters. The zero-order chi connectivity index (χ0) is 13.9. The molecule has 0 aromatic heterocycles. The Hall–Kier alpha value is -0.820. The third kappa shape index (κ3) is 3.25. The zero-order valence-corrected chi connectivity index (χ0v) is 13.1. The average molecular weight is 271 g/mol. The minimum absolute atomic E-state index is 0.775. The Morgan fingerprint density at radius 3 is 2.85 bits per heavy atom. The fraction of sp³-hybridized carbons (Fsp3) is 0.684. The van der Waals surface area contributed by atoms with E-state index in [0.29, 0.717) is 0 Å². The summed E-state index contributed by atoms with van der Waals surface area (Å²) in [5.74, 6) is 2.60. The molecule has 3 rings (SSSR count). The van der Waals surface area contributed by atoms with Crippen molar-refractivity contribution in [2.75, 3.05) is 6.54 Å². The van der Waals surface area contributed by atoms with Crippen molar-refractivity contribution in [1.82, 2.24) is 5.32 Å². The van der Waals surface area contributed by atoms with Crippen LogP contribution in [0.25, 0.3) is 0 Å². The number of benzene rings is 1. The van der Waals surface area contributed by atoms with E-state index >= 15 is 0 Å². The maximum atomic E-state index is 3.87. The van der Waals surface area contributed by atoms with Crippen LogP contribution in [0.1, 0.15) is 63.0 Å². The summed E-state index contributed by atoms with van der Waals surface area (Å²) in [4.78, 5) is 0. The Morgan fingerprint density at radius 1 is 1.20 bits per heavy atom. The summed E-state index contributed by atoms with van der Waals surface area (Å²) >= 11 is 0. The summed E-state index contributed by atoms with van der Waals surface area (Å²) in [6.45, 7) is 5.92. The minimum atomic E-state index is 0.775. The van der Waals surface area contributed by atoms with E-state index in [1.54, 1.807) is 11.1 Å². The van der Waals surface area contributed by atoms with Gasteiger partial charge in [-0.25, -0.2) is 0 Å². The van der Waals surface area contributed by atoms with Gasteiger partial charge in [0.15, 0.2) is 0 Å². The van der Waals surface area contributed by atoms with Crippen molar-refractivity contribution in [1.29, 1.82) is 0 Å². The monoisotopic (exact) mass is 271 g/mol. The highest BCUT2D eigenvalue weighted by molar-refractivity contribution is 5.40. The van der Waals surface area contributed by atoms with Crippen LogP contribution in [0.5, 0.6) is 0 Å². The molecule has 2 aliphatic rings. The molecule has 0 bridgehead atoms. The Bertz CT molecular complexity index is 437. The van der Waals surface area contributed by atoms with E-state index in [1.807, 2.05) is 0 Å². The quantitative estimate of drug-likeness (QED) is 0.830. The van der Waals surface area contributed by atoms with Crippen molar-refractivity contribution in [3.05, 3.63) is 35.4 Å². The molecule has 20 heavy (non-hydrogen) atoms. The molecule has 1 nitrogen and oxygen atoms in total. The molecule has 1 aromatic carbocycles. The lowest BCUT2D eigenvalue weighted by atomic mass is 9.77. The van der Waals surface area contributed by atoms with Gasteiger partial charge >= 0.3 is 0 Å². The first-order chi connectivity index (χ1) is 9.72. The zero-order valence-electron chi connectivity index (χ0n) is 13.1. The lowest BCUT2D eigenvalue weighted by Gasteiger charge is -2.35. The standard InChI is InChI=1S/C19H29N/c1-14(2)10-15-6-5-8-18(11-15)20-13-17-12-16-7-3-4-9-19(16)17/h3-4,7,9,14-15,17-18,20H,5-6,8,10-13H2,1-2H3. The van der Waals surface area contributed by atoms with E-state index in [2.05, 4.69) is 43.4 Å². The van der Waals surface area contributed by atoms with E-state index in [0.717, 1.165) is 23.8 Å². The van der Waals surface area contributed by atoms with E-state index in [1.165, 1.54) is 45.1 Å². The van der Waals surface area contributed by atoms with Crippen LogP contribution in [0.3, 0.4) is 0 Å². The van der Waals surface area contributed by atoms with Crippen LogP contribution in [-0.4, -0.2) is 12.6 Å². The molecule has 0 spiro atoms. The summed E-state index contributed by atoms with van der Waals surface area (Å²) in [5.41, 5.74) is 3.16. The summed E-state index contributed by atoms with van der Waals surface area (Å²) in [7, 11) is 0. The second kappa shape index (κ2) is 6.30. The highest BCUT2D eigenvalue weighted by Gasteiger charge is 2.27. The van der Waals surface area contributed by atoms with Crippen LogP contribution in [-0.2, 0) is 6.42 Å². The predicted molar refractivity (Wildman–Crippen MR) is 86.1 cm³/mol. The topological polar surface area (TPSA) is 12.0 Å². The van der Waals surface area contributed by atoms with Crippen molar-refractivity contribution in [3.63, 3.8) is 0 Å². The molecular formula is C19H29N. The maximum Gasteiger partial charge on any atom is 0.00699 e. The third-order valence-electron chi connectivity index (χ3n) is 5.20. The number of fused-ring (bicyclic) bond motifs is 1. The molecule has 1 aromatic rings. The molecule has 1 heteroatoms. The largest absolute Gasteiger partial charge is 0.313 e. The molecule has 0 amide bonds. The van der Waals surface area contributed by atoms with Crippen LogP contribution in [0.2, 0.25) is 0 Å². The molecule has 1 saturated carbocycles. The van der Waals surface area contributed by atoms with Crippen LogP contribution >= 0.6 is 0 Å². The van der Waals surface area contributed by atoms with E-state index in [-0.39, 0.29) is 0 Å². The molecule has 1 N–H and O–H groups in total. The van der Waals surface area contributed by atoms with Gasteiger partial charge < -0.3 is 5.32 Å². The van der Waals surface area contributed by atoms with Crippen LogP contribution in [0.4, 0.5) is 0 Å². The van der Waals surface area contributed by atoms with E-state index in [9.17, 15) is 0 Å². The van der Waals surface area contributed by atoms with Crippen LogP contribution in [0.15, 0.2) is 24.3 Å². The van der Waals surface area contributed by atoms with E-state index in [4.69, 9.17) is 0 Å². The second-order valence-electron chi connectivity index (χ2n) is 7.37. The Kier molecular flexibility index (Phi) is 4.45. The number of hydrogen-bond acceptors (Lipinski definition) is 1. The molecule has 3 unspecified atom stereocenters. The first kappa shape index (κ1) is 14.1. The van der Waals surface area contributed by atoms with Crippen molar-refractivity contribution in [2.24, 2.45) is 11.8 Å². The fourth-order valence-electron chi connectivity index (χ4n) is 4.21. The van der Waals surface area contributed by atoms with Gasteiger partial charge in [-0.05, 0) is 48.6 Å². The lowest BCUT2D eigenvalue weighted by molar-refractivity contribution is 0.249. The second-order valence-corrected chi connectivity index (χ2v) is 7.37. The number of rotatable bonds is 5. The van der Waals surface area contributed by atoms with Crippen molar-refractivity contribution in [2.45, 2.75) is 64.3 Å². The predicted octanol–water partition coefficient (Wildman–Crippen LogP) is 4.52. The Morgan fingerprint density at radius 2 is 2.05 bits per heavy atom. The Balaban J connectivity index is 1.45. The SMILES string of the molecule is CC(C)CC1CCCC(NCC2Cc3ccccc32)C1. The first-order valence-corrected chi connectivity index (χ1v) is 8.53. The molecule has 1 fully saturated rings. The summed E-state index contributed by atoms with van der Waals surface area (Å²) in [5, 5.41) is 3.87. The van der Waals surface area contributed by atoms with Gasteiger partial charge in [0.25, 0.3) is 0 Å². The van der Waals surface area contributed by atoms with Gasteiger partial charge in [-0.3, -0.25) is 0 Å². The highest BCUT2D eigenvalue weighted by atomic mass is 14.9. The minimum Gasteiger partial charge on any atom is -0.313 e. The van der Waals surface area contributed by atoms with E-state index < -0.39 is 0 Å². The van der Waals surface area contributed by atoms with Crippen molar-refractivity contribution in [3.8, 4) is 0 Å². The van der Waals surface area contributed by atoms with Crippen LogP contribution in [0, 0.1) is 11.8 Å². The van der Waals surface area contributed by atoms with Gasteiger partial charge in [-0.1, -0.05) is 51.0 Å². The first-order valence-electron chi connectivity index (χ1n) is 8.53. The fourth-order valence-corrected chi connectivity index (χ4v) is 4.21. The Labute approximate surface area is 124 Å². The molecule has 0 radical (unpaired) electrons. The average Bonchev–Trinajstić information content (AvgIpc) is 2.39. The van der Waals surface area contributed by atoms with Crippen molar-refractivity contribution >= 4 is 0 Å². The van der Waals surface area contributed by atoms with Gasteiger partial charge in [-0.15, -0.1) is 0 Å². The van der Waals surface area contributed by atoms with Gasteiger partial charge in [0.2, 0.25) is 0 Å². The van der Waals surface area contributed by atoms with Gasteiger partial charge in [0.1, 0.15) is 0 Å². The van der Waals surface area contributed by atoms with Gasteiger partial charge in [0.05, 0.1) is 0 Å². The number of hydrogen-bond donors (Lipinski definition) is 1.